The van der Waals surface area contributed by atoms with Gasteiger partial charge in [0, 0.05) is 5.56 Å². The minimum absolute atomic E-state index is 0. The highest BCUT2D eigenvalue weighted by Gasteiger charge is 2.03. The van der Waals surface area contributed by atoms with Gasteiger partial charge in [-0.2, -0.15) is 5.26 Å². The van der Waals surface area contributed by atoms with Crippen LogP contribution in [0.4, 0.5) is 0 Å². The van der Waals surface area contributed by atoms with Crippen molar-refractivity contribution in [1.82, 2.24) is 5.32 Å². The van der Waals surface area contributed by atoms with Crippen LogP contribution in [0, 0.1) is 11.3 Å². The van der Waals surface area contributed by atoms with Crippen LogP contribution >= 0.6 is 12.4 Å². The van der Waals surface area contributed by atoms with E-state index in [4.69, 9.17) is 9.68 Å². The largest absolute Gasteiger partial charge is 0.460 e. The molecule has 0 saturated heterocycles. The fourth-order valence-corrected chi connectivity index (χ4v) is 1.47. The lowest BCUT2D eigenvalue weighted by Crippen LogP contribution is -2.12. The van der Waals surface area contributed by atoms with Crippen molar-refractivity contribution in [2.24, 2.45) is 0 Å². The smallest absolute Gasteiger partial charge is 0.134 e. The summed E-state index contributed by atoms with van der Waals surface area (Å²) >= 11 is 0. The molecular formula is C13H13ClN2O. The molecule has 0 aliphatic heterocycles. The number of halogens is 1. The third-order valence-electron chi connectivity index (χ3n) is 2.22. The lowest BCUT2D eigenvalue weighted by Gasteiger charge is -1.97. The highest BCUT2D eigenvalue weighted by molar-refractivity contribution is 5.85. The summed E-state index contributed by atoms with van der Waals surface area (Å²) in [5.41, 5.74) is 1.06. The lowest BCUT2D eigenvalue weighted by molar-refractivity contribution is 0.502. The van der Waals surface area contributed by atoms with E-state index in [-0.39, 0.29) is 12.4 Å². The van der Waals surface area contributed by atoms with Crippen LogP contribution in [0.25, 0.3) is 11.3 Å². The van der Waals surface area contributed by atoms with Crippen LogP contribution in [0.15, 0.2) is 46.9 Å². The van der Waals surface area contributed by atoms with E-state index < -0.39 is 0 Å². The Labute approximate surface area is 106 Å². The second-order valence-corrected chi connectivity index (χ2v) is 3.39. The zero-order valence-electron chi connectivity index (χ0n) is 9.22. The SMILES string of the molecule is Cl.N#CCNCc1ccc(-c2ccccc2)o1. The number of hydrogen-bond acceptors (Lipinski definition) is 3. The zero-order valence-corrected chi connectivity index (χ0v) is 10.0. The number of nitriles is 1. The molecule has 0 atom stereocenters. The van der Waals surface area contributed by atoms with Gasteiger partial charge in [0.25, 0.3) is 0 Å². The summed E-state index contributed by atoms with van der Waals surface area (Å²) in [6.45, 7) is 0.918. The standard InChI is InChI=1S/C13H12N2O.ClH/c14-8-9-15-10-12-6-7-13(16-12)11-4-2-1-3-5-11;/h1-7,15H,9-10H2;1H. The van der Waals surface area contributed by atoms with Crippen LogP contribution in [0.1, 0.15) is 5.76 Å². The predicted octanol–water partition coefficient (Wildman–Crippen LogP) is 2.98. The first kappa shape index (κ1) is 13.3. The molecule has 0 unspecified atom stereocenters. The van der Waals surface area contributed by atoms with E-state index >= 15 is 0 Å². The van der Waals surface area contributed by atoms with E-state index in [9.17, 15) is 0 Å². The summed E-state index contributed by atoms with van der Waals surface area (Å²) in [6.07, 6.45) is 0. The fourth-order valence-electron chi connectivity index (χ4n) is 1.47. The van der Waals surface area contributed by atoms with Crippen LogP contribution in [0.3, 0.4) is 0 Å². The van der Waals surface area contributed by atoms with Crippen molar-refractivity contribution in [3.63, 3.8) is 0 Å². The van der Waals surface area contributed by atoms with Crippen LogP contribution in [0.2, 0.25) is 0 Å². The molecule has 17 heavy (non-hydrogen) atoms. The average Bonchev–Trinajstić information content (AvgIpc) is 2.79. The predicted molar refractivity (Wildman–Crippen MR) is 68.7 cm³/mol. The molecule has 0 radical (unpaired) electrons. The monoisotopic (exact) mass is 248 g/mol. The van der Waals surface area contributed by atoms with Crippen LogP contribution in [0.5, 0.6) is 0 Å². The van der Waals surface area contributed by atoms with E-state index in [2.05, 4.69) is 5.32 Å². The average molecular weight is 249 g/mol. The van der Waals surface area contributed by atoms with Gasteiger partial charge in [0.05, 0.1) is 19.2 Å². The van der Waals surface area contributed by atoms with Crippen molar-refractivity contribution >= 4 is 12.4 Å². The quantitative estimate of drug-likeness (QED) is 0.669. The summed E-state index contributed by atoms with van der Waals surface area (Å²) in [5, 5.41) is 11.3. The van der Waals surface area contributed by atoms with Gasteiger partial charge >= 0.3 is 0 Å². The number of furan rings is 1. The molecule has 0 amide bonds. The Hall–Kier alpha value is -1.76. The van der Waals surface area contributed by atoms with E-state index in [1.54, 1.807) is 0 Å². The highest BCUT2D eigenvalue weighted by Crippen LogP contribution is 2.21. The van der Waals surface area contributed by atoms with Crippen LogP contribution < -0.4 is 5.32 Å². The Morgan fingerprint density at radius 3 is 2.59 bits per heavy atom. The minimum Gasteiger partial charge on any atom is -0.460 e. The molecule has 1 aromatic heterocycles. The summed E-state index contributed by atoms with van der Waals surface area (Å²) in [5.74, 6) is 1.70. The van der Waals surface area contributed by atoms with Crippen molar-refractivity contribution in [1.29, 1.82) is 5.26 Å². The molecule has 1 aromatic carbocycles. The molecule has 2 rings (SSSR count). The van der Waals surface area contributed by atoms with Gasteiger partial charge in [-0.1, -0.05) is 30.3 Å². The van der Waals surface area contributed by atoms with Gasteiger partial charge in [-0.05, 0) is 12.1 Å². The van der Waals surface area contributed by atoms with E-state index in [1.807, 2.05) is 48.5 Å². The second kappa shape index (κ2) is 6.74. The molecule has 0 saturated carbocycles. The molecule has 0 spiro atoms. The van der Waals surface area contributed by atoms with Crippen molar-refractivity contribution in [2.45, 2.75) is 6.54 Å². The number of benzene rings is 1. The Bertz CT molecular complexity index is 488. The summed E-state index contributed by atoms with van der Waals surface area (Å²) in [6, 6.07) is 15.8. The summed E-state index contributed by atoms with van der Waals surface area (Å²) in [7, 11) is 0. The van der Waals surface area contributed by atoms with Gasteiger partial charge in [0.1, 0.15) is 11.5 Å². The molecule has 0 fully saturated rings. The number of nitrogens with one attached hydrogen (secondary N) is 1. The molecule has 1 heterocycles. The maximum atomic E-state index is 8.38. The molecule has 0 bridgehead atoms. The molecule has 2 aromatic rings. The fraction of sp³-hybridized carbons (Fsp3) is 0.154. The highest BCUT2D eigenvalue weighted by atomic mass is 35.5. The van der Waals surface area contributed by atoms with Gasteiger partial charge in [-0.15, -0.1) is 12.4 Å². The first-order valence-corrected chi connectivity index (χ1v) is 5.12. The summed E-state index contributed by atoms with van der Waals surface area (Å²) in [4.78, 5) is 0. The topological polar surface area (TPSA) is 49.0 Å². The number of hydrogen-bond donors (Lipinski definition) is 1. The minimum atomic E-state index is 0. The van der Waals surface area contributed by atoms with Crippen LogP contribution in [-0.4, -0.2) is 6.54 Å². The molecule has 1 N–H and O–H groups in total. The second-order valence-electron chi connectivity index (χ2n) is 3.39. The number of nitrogens with zero attached hydrogens (tertiary/aromatic N) is 1. The Morgan fingerprint density at radius 2 is 1.88 bits per heavy atom. The number of rotatable bonds is 4. The van der Waals surface area contributed by atoms with Crippen LogP contribution in [-0.2, 0) is 6.54 Å². The molecule has 0 aliphatic rings. The van der Waals surface area contributed by atoms with Gasteiger partial charge in [-0.25, -0.2) is 0 Å². The molecular weight excluding hydrogens is 236 g/mol. The lowest BCUT2D eigenvalue weighted by atomic mass is 10.2. The maximum absolute atomic E-state index is 8.38. The van der Waals surface area contributed by atoms with Gasteiger partial charge < -0.3 is 4.42 Å². The summed E-state index contributed by atoms with van der Waals surface area (Å²) < 4.78 is 5.64. The van der Waals surface area contributed by atoms with E-state index in [0.29, 0.717) is 13.1 Å². The molecule has 88 valence electrons. The normalized spacial score (nSPS) is 9.35. The molecule has 3 nitrogen and oxygen atoms in total. The van der Waals surface area contributed by atoms with Crippen molar-refractivity contribution in [3.05, 3.63) is 48.2 Å². The Morgan fingerprint density at radius 1 is 1.12 bits per heavy atom. The van der Waals surface area contributed by atoms with Gasteiger partial charge in [-0.3, -0.25) is 5.32 Å². The van der Waals surface area contributed by atoms with Gasteiger partial charge in [0.2, 0.25) is 0 Å². The van der Waals surface area contributed by atoms with Crippen molar-refractivity contribution < 1.29 is 4.42 Å². The first-order chi connectivity index (χ1) is 7.90. The first-order valence-electron chi connectivity index (χ1n) is 5.12. The third kappa shape index (κ3) is 3.63. The third-order valence-corrected chi connectivity index (χ3v) is 2.22. The molecule has 4 heteroatoms. The van der Waals surface area contributed by atoms with E-state index in [1.165, 1.54) is 0 Å². The van der Waals surface area contributed by atoms with Crippen molar-refractivity contribution in [2.75, 3.05) is 6.54 Å². The van der Waals surface area contributed by atoms with Gasteiger partial charge in [0.15, 0.2) is 0 Å². The van der Waals surface area contributed by atoms with Crippen molar-refractivity contribution in [3.8, 4) is 17.4 Å². The molecule has 0 aliphatic carbocycles. The Kier molecular flexibility index (Phi) is 5.28. The zero-order chi connectivity index (χ0) is 11.2. The Balaban J connectivity index is 0.00000144. The maximum Gasteiger partial charge on any atom is 0.134 e. The van der Waals surface area contributed by atoms with E-state index in [0.717, 1.165) is 17.1 Å².